The molecular formula is C8H13N3O2S. The summed E-state index contributed by atoms with van der Waals surface area (Å²) >= 11 is 1.93. The van der Waals surface area contributed by atoms with Crippen molar-refractivity contribution in [3.8, 4) is 0 Å². The number of hydrogen-bond acceptors (Lipinski definition) is 4. The summed E-state index contributed by atoms with van der Waals surface area (Å²) in [4.78, 5) is 13.5. The van der Waals surface area contributed by atoms with Crippen molar-refractivity contribution in [1.82, 2.24) is 4.90 Å². The van der Waals surface area contributed by atoms with Gasteiger partial charge in [-0.25, -0.2) is 0 Å². The first-order chi connectivity index (χ1) is 6.70. The number of rotatable bonds is 2. The van der Waals surface area contributed by atoms with Crippen LogP contribution in [0.2, 0.25) is 0 Å². The molecule has 0 aromatic rings. The minimum Gasteiger partial charge on any atom is -0.409 e. The van der Waals surface area contributed by atoms with E-state index >= 15 is 0 Å². The van der Waals surface area contributed by atoms with E-state index in [0.29, 0.717) is 11.3 Å². The van der Waals surface area contributed by atoms with Crippen molar-refractivity contribution in [2.24, 2.45) is 10.9 Å². The molecule has 2 saturated heterocycles. The number of nitrogens with zero attached hydrogens (tertiary/aromatic N) is 2. The number of fused-ring (bicyclic) bond motifs is 2. The molecule has 2 fully saturated rings. The maximum Gasteiger partial charge on any atom is 0.230 e. The third-order valence-corrected chi connectivity index (χ3v) is 4.07. The number of carbonyl (C=O) groups is 1. The maximum absolute atomic E-state index is 11.6. The van der Waals surface area contributed by atoms with Crippen LogP contribution < -0.4 is 5.73 Å². The third-order valence-electron chi connectivity index (χ3n) is 2.68. The molecule has 2 heterocycles. The van der Waals surface area contributed by atoms with Crippen LogP contribution in [-0.4, -0.2) is 45.4 Å². The fourth-order valence-corrected chi connectivity index (χ4v) is 3.43. The number of nitrogens with two attached hydrogens (primary N) is 1. The minimum atomic E-state index is -0.0203. The summed E-state index contributed by atoms with van der Waals surface area (Å²) in [5, 5.41) is 11.8. The third kappa shape index (κ3) is 1.66. The molecule has 2 atom stereocenters. The van der Waals surface area contributed by atoms with Crippen molar-refractivity contribution < 1.29 is 10.0 Å². The van der Waals surface area contributed by atoms with Crippen LogP contribution in [0.3, 0.4) is 0 Å². The van der Waals surface area contributed by atoms with Crippen LogP contribution in [0.5, 0.6) is 0 Å². The number of hydrogen-bond donors (Lipinski definition) is 2. The van der Waals surface area contributed by atoms with Gasteiger partial charge >= 0.3 is 0 Å². The Morgan fingerprint density at radius 2 is 2.50 bits per heavy atom. The van der Waals surface area contributed by atoms with Crippen LogP contribution in [0.1, 0.15) is 12.8 Å². The Hall–Kier alpha value is -0.910. The Morgan fingerprint density at radius 1 is 1.71 bits per heavy atom. The fourth-order valence-electron chi connectivity index (χ4n) is 2.00. The highest BCUT2D eigenvalue weighted by Crippen LogP contribution is 2.37. The zero-order valence-corrected chi connectivity index (χ0v) is 8.54. The highest BCUT2D eigenvalue weighted by molar-refractivity contribution is 8.00. The standard InChI is InChI=1S/C8H13N3O2S/c9-7(10-13)2-8(12)11-3-6-1-5(11)4-14-6/h5-6,13H,1-4H2,(H2,9,10). The number of likely N-dealkylation sites (tertiary alicyclic amines) is 1. The minimum absolute atomic E-state index is 0.00886. The molecule has 14 heavy (non-hydrogen) atoms. The monoisotopic (exact) mass is 215 g/mol. The molecule has 0 aromatic heterocycles. The van der Waals surface area contributed by atoms with Crippen molar-refractivity contribution in [3.05, 3.63) is 0 Å². The van der Waals surface area contributed by atoms with E-state index in [1.807, 2.05) is 16.7 Å². The van der Waals surface area contributed by atoms with Gasteiger partial charge in [0.05, 0.1) is 6.42 Å². The number of carbonyl (C=O) groups excluding carboxylic acids is 1. The topological polar surface area (TPSA) is 78.9 Å². The molecule has 6 heteroatoms. The van der Waals surface area contributed by atoms with Gasteiger partial charge in [-0.15, -0.1) is 0 Å². The summed E-state index contributed by atoms with van der Waals surface area (Å²) in [6.45, 7) is 0.826. The first kappa shape index (κ1) is 9.64. The van der Waals surface area contributed by atoms with Gasteiger partial charge in [0.2, 0.25) is 5.91 Å². The first-order valence-corrected chi connectivity index (χ1v) is 5.63. The molecule has 78 valence electrons. The Labute approximate surface area is 86.3 Å². The lowest BCUT2D eigenvalue weighted by molar-refractivity contribution is -0.130. The molecule has 2 rings (SSSR count). The molecule has 2 aliphatic rings. The predicted molar refractivity (Wildman–Crippen MR) is 54.4 cm³/mol. The molecule has 5 nitrogen and oxygen atoms in total. The van der Waals surface area contributed by atoms with Crippen molar-refractivity contribution in [2.75, 3.05) is 12.3 Å². The Bertz CT molecular complexity index is 282. The van der Waals surface area contributed by atoms with E-state index in [1.54, 1.807) is 0 Å². The fraction of sp³-hybridized carbons (Fsp3) is 0.750. The number of amidine groups is 1. The van der Waals surface area contributed by atoms with Crippen LogP contribution in [-0.2, 0) is 4.79 Å². The second-order valence-electron chi connectivity index (χ2n) is 3.66. The highest BCUT2D eigenvalue weighted by atomic mass is 32.2. The van der Waals surface area contributed by atoms with Gasteiger partial charge in [-0.1, -0.05) is 5.16 Å². The maximum atomic E-state index is 11.6. The Morgan fingerprint density at radius 3 is 3.00 bits per heavy atom. The summed E-state index contributed by atoms with van der Waals surface area (Å²) in [5.41, 5.74) is 5.29. The lowest BCUT2D eigenvalue weighted by atomic mass is 10.2. The van der Waals surface area contributed by atoms with Gasteiger partial charge in [-0.3, -0.25) is 4.79 Å². The van der Waals surface area contributed by atoms with Crippen molar-refractivity contribution in [3.63, 3.8) is 0 Å². The van der Waals surface area contributed by atoms with Crippen LogP contribution in [0.4, 0.5) is 0 Å². The number of thioether (sulfide) groups is 1. The smallest absolute Gasteiger partial charge is 0.230 e. The SMILES string of the molecule is N/C(CC(=O)N1CC2CC1CS2)=N\O. The molecule has 0 aliphatic carbocycles. The molecule has 0 radical (unpaired) electrons. The molecule has 0 aromatic carbocycles. The average molecular weight is 215 g/mol. The van der Waals surface area contributed by atoms with E-state index in [0.717, 1.165) is 18.7 Å². The molecule has 1 amide bonds. The highest BCUT2D eigenvalue weighted by Gasteiger charge is 2.40. The number of oxime groups is 1. The summed E-state index contributed by atoms with van der Waals surface area (Å²) < 4.78 is 0. The second kappa shape index (κ2) is 3.68. The predicted octanol–water partition coefficient (Wildman–Crippen LogP) is -0.161. The summed E-state index contributed by atoms with van der Waals surface area (Å²) in [5.74, 6) is 1.01. The Kier molecular flexibility index (Phi) is 2.54. The first-order valence-electron chi connectivity index (χ1n) is 4.58. The van der Waals surface area contributed by atoms with E-state index < -0.39 is 0 Å². The van der Waals surface area contributed by atoms with E-state index in [9.17, 15) is 4.79 Å². The van der Waals surface area contributed by atoms with E-state index in [1.165, 1.54) is 0 Å². The average Bonchev–Trinajstić information content (AvgIpc) is 2.78. The lowest BCUT2D eigenvalue weighted by Gasteiger charge is -2.26. The summed E-state index contributed by atoms with van der Waals surface area (Å²) in [7, 11) is 0. The van der Waals surface area contributed by atoms with Gasteiger partial charge < -0.3 is 15.8 Å². The molecular weight excluding hydrogens is 202 g/mol. The van der Waals surface area contributed by atoms with Crippen molar-refractivity contribution >= 4 is 23.5 Å². The molecule has 0 spiro atoms. The normalized spacial score (nSPS) is 31.1. The van der Waals surface area contributed by atoms with E-state index in [-0.39, 0.29) is 18.2 Å². The van der Waals surface area contributed by atoms with Crippen molar-refractivity contribution in [2.45, 2.75) is 24.1 Å². The second-order valence-corrected chi connectivity index (χ2v) is 4.99. The molecule has 2 aliphatic heterocycles. The van der Waals surface area contributed by atoms with Crippen LogP contribution in [0, 0.1) is 0 Å². The molecule has 0 saturated carbocycles. The van der Waals surface area contributed by atoms with Gasteiger partial charge in [0.25, 0.3) is 0 Å². The summed E-state index contributed by atoms with van der Waals surface area (Å²) in [6.07, 6.45) is 1.14. The molecule has 2 unspecified atom stereocenters. The number of amides is 1. The van der Waals surface area contributed by atoms with Gasteiger partial charge in [-0.2, -0.15) is 11.8 Å². The zero-order chi connectivity index (χ0) is 10.1. The lowest BCUT2D eigenvalue weighted by Crippen LogP contribution is -2.40. The van der Waals surface area contributed by atoms with Crippen LogP contribution >= 0.6 is 11.8 Å². The molecule has 2 bridgehead atoms. The quantitative estimate of drug-likeness (QED) is 0.290. The van der Waals surface area contributed by atoms with Crippen LogP contribution in [0.25, 0.3) is 0 Å². The van der Waals surface area contributed by atoms with Gasteiger partial charge in [0, 0.05) is 23.6 Å². The van der Waals surface area contributed by atoms with Crippen LogP contribution in [0.15, 0.2) is 5.16 Å². The largest absolute Gasteiger partial charge is 0.409 e. The van der Waals surface area contributed by atoms with Gasteiger partial charge in [-0.05, 0) is 6.42 Å². The summed E-state index contributed by atoms with van der Waals surface area (Å²) in [6, 6.07) is 0.379. The van der Waals surface area contributed by atoms with Gasteiger partial charge in [0.1, 0.15) is 5.84 Å². The van der Waals surface area contributed by atoms with E-state index in [4.69, 9.17) is 10.9 Å². The van der Waals surface area contributed by atoms with Gasteiger partial charge in [0.15, 0.2) is 0 Å². The molecule has 3 N–H and O–H groups in total. The zero-order valence-electron chi connectivity index (χ0n) is 7.72. The Balaban J connectivity index is 1.93. The van der Waals surface area contributed by atoms with Crippen molar-refractivity contribution in [1.29, 1.82) is 0 Å². The van der Waals surface area contributed by atoms with E-state index in [2.05, 4.69) is 5.16 Å².